The standard InChI is InChI=1S/C4H8N4S.I3/c1-6-4-7-9-3(5)8(4)2;1-3-2/h5H,1-2H3,(H,6,7);/q;-1/p+1. The molecule has 1 aromatic heterocycles. The van der Waals surface area contributed by atoms with Gasteiger partial charge >= 0.3 is 56.4 Å². The van der Waals surface area contributed by atoms with E-state index in [0.717, 1.165) is 5.95 Å². The first-order chi connectivity index (χ1) is 5.67. The van der Waals surface area contributed by atoms with E-state index in [1.165, 1.54) is 11.5 Å². The first-order valence-electron chi connectivity index (χ1n) is 2.83. The number of halogens is 3. The Balaban J connectivity index is 0.000000354. The van der Waals surface area contributed by atoms with Crippen molar-refractivity contribution >= 4 is 59.8 Å². The molecular weight excluding hydrogens is 517 g/mol. The van der Waals surface area contributed by atoms with E-state index in [0.29, 0.717) is 18.4 Å². The van der Waals surface area contributed by atoms with Gasteiger partial charge in [0.1, 0.15) is 0 Å². The average molecular weight is 526 g/mol. The third kappa shape index (κ3) is 4.55. The van der Waals surface area contributed by atoms with Gasteiger partial charge in [0.05, 0.1) is 18.6 Å². The van der Waals surface area contributed by atoms with Gasteiger partial charge in [-0.25, -0.2) is 4.57 Å². The average Bonchev–Trinajstić information content (AvgIpc) is 2.35. The summed E-state index contributed by atoms with van der Waals surface area (Å²) in [4.78, 5) is 0. The molecule has 0 bridgehead atoms. The summed E-state index contributed by atoms with van der Waals surface area (Å²) < 4.78 is 5.80. The Labute approximate surface area is 105 Å². The first kappa shape index (κ1) is 13.4. The predicted molar refractivity (Wildman–Crippen MR) is 65.3 cm³/mol. The second kappa shape index (κ2) is 7.73. The summed E-state index contributed by atoms with van der Waals surface area (Å²) in [5.74, 6) is 0.803. The van der Waals surface area contributed by atoms with Crippen molar-refractivity contribution in [2.45, 2.75) is 0 Å². The quantitative estimate of drug-likeness (QED) is 0.342. The topological polar surface area (TPSA) is 54.8 Å². The van der Waals surface area contributed by atoms with Gasteiger partial charge in [0.25, 0.3) is 5.13 Å². The Hall–Kier alpha value is 1.35. The number of nitrogen functional groups attached to an aromatic ring is 1. The molecule has 0 aromatic carbocycles. The monoisotopic (exact) mass is 526 g/mol. The van der Waals surface area contributed by atoms with Crippen LogP contribution >= 0.6 is 48.8 Å². The van der Waals surface area contributed by atoms with Gasteiger partial charge in [0.2, 0.25) is 0 Å². The van der Waals surface area contributed by atoms with Crippen molar-refractivity contribution in [1.29, 1.82) is 0 Å². The molecule has 1 rings (SSSR count). The van der Waals surface area contributed by atoms with E-state index in [1.807, 2.05) is 14.1 Å². The number of nitrogens with zero attached hydrogens (tertiary/aromatic N) is 2. The molecule has 0 aliphatic rings. The molecule has 0 atom stereocenters. The van der Waals surface area contributed by atoms with E-state index < -0.39 is 0 Å². The van der Waals surface area contributed by atoms with E-state index in [-0.39, 0.29) is 0 Å². The van der Waals surface area contributed by atoms with Crippen LogP contribution in [0.15, 0.2) is 0 Å². The Morgan fingerprint density at radius 2 is 2.17 bits per heavy atom. The maximum atomic E-state index is 5.50. The molecule has 0 aliphatic heterocycles. The van der Waals surface area contributed by atoms with E-state index in [2.05, 4.69) is 46.9 Å². The van der Waals surface area contributed by atoms with E-state index in [4.69, 9.17) is 5.73 Å². The summed E-state index contributed by atoms with van der Waals surface area (Å²) in [6.07, 6.45) is 0. The van der Waals surface area contributed by atoms with Crippen LogP contribution in [0.5, 0.6) is 0 Å². The molecule has 8 heteroatoms. The van der Waals surface area contributed by atoms with Crippen LogP contribution in [-0.4, -0.2) is 11.4 Å². The van der Waals surface area contributed by atoms with Crippen molar-refractivity contribution in [3.63, 3.8) is 0 Å². The molecule has 0 unspecified atom stereocenters. The number of aromatic nitrogens is 2. The second-order valence-electron chi connectivity index (χ2n) is 1.71. The van der Waals surface area contributed by atoms with E-state index in [1.54, 1.807) is 4.57 Å². The fraction of sp³-hybridized carbons (Fsp3) is 0.500. The van der Waals surface area contributed by atoms with Gasteiger partial charge in [-0.05, 0) is 4.37 Å². The molecule has 0 saturated carbocycles. The zero-order chi connectivity index (χ0) is 9.56. The maximum absolute atomic E-state index is 5.50. The summed E-state index contributed by atoms with van der Waals surface area (Å²) in [5.41, 5.74) is 5.50. The molecule has 1 aromatic rings. The normalized spacial score (nSPS) is 9.00. The first-order valence-corrected chi connectivity index (χ1v) is 16.2. The van der Waals surface area contributed by atoms with Gasteiger partial charge < -0.3 is 5.73 Å². The molecule has 0 saturated heterocycles. The minimum absolute atomic E-state index is 0.530. The number of nitrogens with one attached hydrogen (secondary N) is 1. The van der Waals surface area contributed by atoms with Crippen molar-refractivity contribution < 1.29 is 17.8 Å². The predicted octanol–water partition coefficient (Wildman–Crippen LogP) is -1.63. The number of anilines is 2. The molecule has 12 heavy (non-hydrogen) atoms. The Bertz CT molecular complexity index is 228. The summed E-state index contributed by atoms with van der Waals surface area (Å²) >= 11 is 6.58. The third-order valence-electron chi connectivity index (χ3n) is 1.10. The Morgan fingerprint density at radius 1 is 1.67 bits per heavy atom. The Kier molecular flexibility index (Phi) is 8.60. The van der Waals surface area contributed by atoms with Gasteiger partial charge in [-0.15, -0.1) is 0 Å². The van der Waals surface area contributed by atoms with Crippen LogP contribution in [0.4, 0.5) is 11.1 Å². The van der Waals surface area contributed by atoms with Gasteiger partial charge in [-0.1, -0.05) is 0 Å². The summed E-state index contributed by atoms with van der Waals surface area (Å²) in [5, 5.41) is 3.61. The molecule has 0 fully saturated rings. The van der Waals surface area contributed by atoms with Gasteiger partial charge in [0, 0.05) is 7.05 Å². The SMILES string of the molecule is CNc1nsc(N)[n+]1C.I[I-]I. The van der Waals surface area contributed by atoms with Crippen molar-refractivity contribution in [2.75, 3.05) is 18.1 Å². The number of nitrogens with two attached hydrogens (primary N) is 1. The van der Waals surface area contributed by atoms with E-state index in [9.17, 15) is 0 Å². The molecule has 0 radical (unpaired) electrons. The summed E-state index contributed by atoms with van der Waals surface area (Å²) in [6, 6.07) is 0. The zero-order valence-corrected chi connectivity index (χ0v) is 13.8. The molecule has 4 nitrogen and oxygen atoms in total. The summed E-state index contributed by atoms with van der Waals surface area (Å²) in [6.45, 7) is 0. The molecular formula is C4H9I3N4S. The molecule has 3 N–H and O–H groups in total. The fourth-order valence-corrected chi connectivity index (χ4v) is 1.13. The zero-order valence-electron chi connectivity index (χ0n) is 6.51. The van der Waals surface area contributed by atoms with Crippen molar-refractivity contribution in [3.05, 3.63) is 0 Å². The number of hydrogen-bond acceptors (Lipinski definition) is 4. The number of rotatable bonds is 1. The van der Waals surface area contributed by atoms with Crippen LogP contribution in [0.25, 0.3) is 0 Å². The third-order valence-corrected chi connectivity index (χ3v) is 1.82. The number of hydrogen-bond donors (Lipinski definition) is 2. The fourth-order valence-electron chi connectivity index (χ4n) is 0.530. The molecule has 72 valence electrons. The Morgan fingerprint density at radius 3 is 2.33 bits per heavy atom. The van der Waals surface area contributed by atoms with Gasteiger partial charge in [0.15, 0.2) is 0 Å². The summed E-state index contributed by atoms with van der Waals surface area (Å²) in [7, 11) is 3.68. The van der Waals surface area contributed by atoms with Crippen LogP contribution in [0.3, 0.4) is 0 Å². The van der Waals surface area contributed by atoms with Crippen molar-refractivity contribution in [1.82, 2.24) is 4.37 Å². The molecule has 0 spiro atoms. The van der Waals surface area contributed by atoms with Crippen molar-refractivity contribution in [2.24, 2.45) is 7.05 Å². The molecule has 0 amide bonds. The van der Waals surface area contributed by atoms with Gasteiger partial charge in [-0.2, -0.15) is 0 Å². The van der Waals surface area contributed by atoms with Crippen LogP contribution in [0.2, 0.25) is 0 Å². The van der Waals surface area contributed by atoms with E-state index >= 15 is 0 Å². The molecule has 1 heterocycles. The van der Waals surface area contributed by atoms with Crippen LogP contribution in [-0.2, 0) is 7.05 Å². The molecule has 0 aliphatic carbocycles. The van der Waals surface area contributed by atoms with Crippen molar-refractivity contribution in [3.8, 4) is 0 Å². The second-order valence-corrected chi connectivity index (χ2v) is 18.7. The van der Waals surface area contributed by atoms with Crippen LogP contribution in [0.1, 0.15) is 0 Å². The van der Waals surface area contributed by atoms with Gasteiger partial charge in [-0.3, -0.25) is 5.32 Å². The van der Waals surface area contributed by atoms with Crippen LogP contribution < -0.4 is 28.9 Å². The minimum atomic E-state index is 0.530. The van der Waals surface area contributed by atoms with Crippen LogP contribution in [0, 0.1) is 0 Å².